The highest BCUT2D eigenvalue weighted by Gasteiger charge is 2.27. The molecule has 2 heterocycles. The van der Waals surface area contributed by atoms with Crippen LogP contribution in [0.15, 0.2) is 53.7 Å². The standard InChI is InChI=1S/C24H28N4O3S/c1-16-9-11-19(12-10-16)28-23(20-7-5-6-8-21(20)30-4)25-26-24(28)32-15-22(29)27-13-17(2)31-18(3)14-27/h5-12,17-18H,13-15H2,1-4H3/t17-,18+. The first-order chi connectivity index (χ1) is 15.5. The summed E-state index contributed by atoms with van der Waals surface area (Å²) in [5, 5.41) is 9.58. The van der Waals surface area contributed by atoms with Crippen LogP contribution in [0.25, 0.3) is 17.1 Å². The molecule has 1 fully saturated rings. The van der Waals surface area contributed by atoms with Gasteiger partial charge in [-0.1, -0.05) is 41.6 Å². The number of carbonyl (C=O) groups excluding carboxylic acids is 1. The summed E-state index contributed by atoms with van der Waals surface area (Å²) in [7, 11) is 1.64. The lowest BCUT2D eigenvalue weighted by molar-refractivity contribution is -0.140. The molecule has 3 aromatic rings. The van der Waals surface area contributed by atoms with Gasteiger partial charge in [-0.3, -0.25) is 9.36 Å². The molecule has 8 heteroatoms. The molecule has 1 saturated heterocycles. The van der Waals surface area contributed by atoms with Gasteiger partial charge in [0.05, 0.1) is 30.6 Å². The first-order valence-electron chi connectivity index (χ1n) is 10.7. The Bertz CT molecular complexity index is 1070. The van der Waals surface area contributed by atoms with Crippen molar-refractivity contribution in [1.82, 2.24) is 19.7 Å². The minimum atomic E-state index is 0.0426. The van der Waals surface area contributed by atoms with Crippen LogP contribution in [0.2, 0.25) is 0 Å². The molecule has 1 aromatic heterocycles. The van der Waals surface area contributed by atoms with E-state index in [4.69, 9.17) is 9.47 Å². The molecule has 168 valence electrons. The molecule has 1 aliphatic heterocycles. The van der Waals surface area contributed by atoms with Crippen LogP contribution in [0.5, 0.6) is 5.75 Å². The Labute approximate surface area is 192 Å². The van der Waals surface area contributed by atoms with Gasteiger partial charge < -0.3 is 14.4 Å². The number of para-hydroxylation sites is 1. The van der Waals surface area contributed by atoms with Crippen molar-refractivity contribution in [3.05, 3.63) is 54.1 Å². The molecule has 0 radical (unpaired) electrons. The molecule has 0 spiro atoms. The molecule has 4 rings (SSSR count). The SMILES string of the molecule is COc1ccccc1-c1nnc(SCC(=O)N2C[C@@H](C)O[C@@H](C)C2)n1-c1ccc(C)cc1. The van der Waals surface area contributed by atoms with Gasteiger partial charge in [-0.05, 0) is 45.0 Å². The smallest absolute Gasteiger partial charge is 0.233 e. The van der Waals surface area contributed by atoms with Crippen LogP contribution < -0.4 is 4.74 Å². The molecule has 32 heavy (non-hydrogen) atoms. The zero-order valence-electron chi connectivity index (χ0n) is 18.8. The van der Waals surface area contributed by atoms with Crippen molar-refractivity contribution in [2.24, 2.45) is 0 Å². The minimum absolute atomic E-state index is 0.0426. The summed E-state index contributed by atoms with van der Waals surface area (Å²) in [6, 6.07) is 15.9. The Kier molecular flexibility index (Phi) is 6.81. The van der Waals surface area contributed by atoms with E-state index in [1.165, 1.54) is 17.3 Å². The Morgan fingerprint density at radius 3 is 2.47 bits per heavy atom. The molecule has 1 amide bonds. The molecule has 0 aliphatic carbocycles. The number of benzene rings is 2. The molecule has 0 unspecified atom stereocenters. The summed E-state index contributed by atoms with van der Waals surface area (Å²) in [5.74, 6) is 1.76. The van der Waals surface area contributed by atoms with Crippen molar-refractivity contribution in [3.63, 3.8) is 0 Å². The van der Waals surface area contributed by atoms with E-state index in [0.717, 1.165) is 17.0 Å². The highest BCUT2D eigenvalue weighted by Crippen LogP contribution is 2.33. The Morgan fingerprint density at radius 2 is 1.78 bits per heavy atom. The van der Waals surface area contributed by atoms with Crippen molar-refractivity contribution in [2.45, 2.75) is 38.1 Å². The number of methoxy groups -OCH3 is 1. The number of amides is 1. The van der Waals surface area contributed by atoms with Gasteiger partial charge >= 0.3 is 0 Å². The summed E-state index contributed by atoms with van der Waals surface area (Å²) >= 11 is 1.40. The van der Waals surface area contributed by atoms with Crippen LogP contribution in [0, 0.1) is 6.92 Å². The predicted molar refractivity (Wildman–Crippen MR) is 125 cm³/mol. The van der Waals surface area contributed by atoms with Crippen LogP contribution in [0.4, 0.5) is 0 Å². The van der Waals surface area contributed by atoms with E-state index < -0.39 is 0 Å². The normalized spacial score (nSPS) is 18.6. The Morgan fingerprint density at radius 1 is 1.09 bits per heavy atom. The van der Waals surface area contributed by atoms with Crippen molar-refractivity contribution in [1.29, 1.82) is 0 Å². The monoisotopic (exact) mass is 452 g/mol. The number of aromatic nitrogens is 3. The van der Waals surface area contributed by atoms with Crippen molar-refractivity contribution in [2.75, 3.05) is 26.0 Å². The highest BCUT2D eigenvalue weighted by molar-refractivity contribution is 7.99. The van der Waals surface area contributed by atoms with E-state index >= 15 is 0 Å². The van der Waals surface area contributed by atoms with Crippen LogP contribution in [0.3, 0.4) is 0 Å². The van der Waals surface area contributed by atoms with Gasteiger partial charge in [0.15, 0.2) is 11.0 Å². The Balaban J connectivity index is 1.64. The van der Waals surface area contributed by atoms with Crippen molar-refractivity contribution >= 4 is 17.7 Å². The molecule has 0 saturated carbocycles. The minimum Gasteiger partial charge on any atom is -0.496 e. The molecule has 2 atom stereocenters. The number of morpholine rings is 1. The van der Waals surface area contributed by atoms with E-state index in [-0.39, 0.29) is 23.9 Å². The van der Waals surface area contributed by atoms with Gasteiger partial charge in [0, 0.05) is 18.8 Å². The van der Waals surface area contributed by atoms with E-state index in [0.29, 0.717) is 24.1 Å². The van der Waals surface area contributed by atoms with Gasteiger partial charge in [0.2, 0.25) is 5.91 Å². The summed E-state index contributed by atoms with van der Waals surface area (Å²) < 4.78 is 13.3. The largest absolute Gasteiger partial charge is 0.496 e. The lowest BCUT2D eigenvalue weighted by Crippen LogP contribution is -2.48. The molecule has 2 aromatic carbocycles. The molecule has 7 nitrogen and oxygen atoms in total. The topological polar surface area (TPSA) is 69.5 Å². The molecule has 1 aliphatic rings. The van der Waals surface area contributed by atoms with Gasteiger partial charge in [-0.15, -0.1) is 10.2 Å². The second kappa shape index (κ2) is 9.75. The molecular formula is C24H28N4O3S. The molecule has 0 bridgehead atoms. The average Bonchev–Trinajstić information content (AvgIpc) is 3.21. The van der Waals surface area contributed by atoms with Gasteiger partial charge in [-0.25, -0.2) is 0 Å². The van der Waals surface area contributed by atoms with Gasteiger partial charge in [0.25, 0.3) is 0 Å². The number of thioether (sulfide) groups is 1. The zero-order chi connectivity index (χ0) is 22.7. The summed E-state index contributed by atoms with van der Waals surface area (Å²) in [6.45, 7) is 7.27. The molecular weight excluding hydrogens is 424 g/mol. The van der Waals surface area contributed by atoms with Crippen LogP contribution >= 0.6 is 11.8 Å². The van der Waals surface area contributed by atoms with Gasteiger partial charge in [-0.2, -0.15) is 0 Å². The second-order valence-electron chi connectivity index (χ2n) is 8.02. The number of nitrogens with zero attached hydrogens (tertiary/aromatic N) is 4. The maximum Gasteiger partial charge on any atom is 0.233 e. The molecule has 0 N–H and O–H groups in total. The number of carbonyl (C=O) groups is 1. The average molecular weight is 453 g/mol. The van der Waals surface area contributed by atoms with Gasteiger partial charge in [0.1, 0.15) is 5.75 Å². The Hall–Kier alpha value is -2.84. The highest BCUT2D eigenvalue weighted by atomic mass is 32.2. The quantitative estimate of drug-likeness (QED) is 0.527. The second-order valence-corrected chi connectivity index (χ2v) is 8.96. The maximum absolute atomic E-state index is 12.9. The summed E-state index contributed by atoms with van der Waals surface area (Å²) in [4.78, 5) is 14.8. The third-order valence-electron chi connectivity index (χ3n) is 5.37. The van der Waals surface area contributed by atoms with E-state index in [2.05, 4.69) is 29.3 Å². The fourth-order valence-electron chi connectivity index (χ4n) is 3.89. The van der Waals surface area contributed by atoms with Crippen LogP contribution in [-0.2, 0) is 9.53 Å². The third kappa shape index (κ3) is 4.81. The number of hydrogen-bond acceptors (Lipinski definition) is 6. The fourth-order valence-corrected chi connectivity index (χ4v) is 4.75. The number of hydrogen-bond donors (Lipinski definition) is 0. The maximum atomic E-state index is 12.9. The summed E-state index contributed by atoms with van der Waals surface area (Å²) in [5.41, 5.74) is 2.95. The van der Waals surface area contributed by atoms with E-state index in [9.17, 15) is 4.79 Å². The third-order valence-corrected chi connectivity index (χ3v) is 6.28. The number of rotatable bonds is 6. The lowest BCUT2D eigenvalue weighted by Gasteiger charge is -2.35. The van der Waals surface area contributed by atoms with Crippen LogP contribution in [0.1, 0.15) is 19.4 Å². The lowest BCUT2D eigenvalue weighted by atomic mass is 10.1. The van der Waals surface area contributed by atoms with Crippen molar-refractivity contribution < 1.29 is 14.3 Å². The first kappa shape index (κ1) is 22.4. The van der Waals surface area contributed by atoms with E-state index in [1.807, 2.05) is 59.7 Å². The van der Waals surface area contributed by atoms with Crippen LogP contribution in [-0.4, -0.2) is 63.7 Å². The zero-order valence-corrected chi connectivity index (χ0v) is 19.6. The fraction of sp³-hybridized carbons (Fsp3) is 0.375. The van der Waals surface area contributed by atoms with Crippen molar-refractivity contribution in [3.8, 4) is 22.8 Å². The summed E-state index contributed by atoms with van der Waals surface area (Å²) in [6.07, 6.45) is 0.0853. The first-order valence-corrected chi connectivity index (χ1v) is 11.7. The number of ether oxygens (including phenoxy) is 2. The predicted octanol–water partition coefficient (Wildman–Crippen LogP) is 3.98. The van der Waals surface area contributed by atoms with E-state index in [1.54, 1.807) is 7.11 Å². The number of aryl methyl sites for hydroxylation is 1.